The first kappa shape index (κ1) is 6.36. The Labute approximate surface area is 58.1 Å². The number of hydrogen-bond donors (Lipinski definition) is 1. The normalized spacial score (nSPS) is 29.4. The van der Waals surface area contributed by atoms with Crippen molar-refractivity contribution >= 4 is 17.3 Å². The highest BCUT2D eigenvalue weighted by atomic mass is 35.5. The third-order valence-electron chi connectivity index (χ3n) is 1.06. The van der Waals surface area contributed by atoms with Crippen LogP contribution in [0.25, 0.3) is 0 Å². The third-order valence-corrected chi connectivity index (χ3v) is 1.43. The van der Waals surface area contributed by atoms with Crippen molar-refractivity contribution < 1.29 is 5.21 Å². The first-order chi connectivity index (χ1) is 4.34. The molecule has 1 aliphatic rings. The highest BCUT2D eigenvalue weighted by Crippen LogP contribution is 2.06. The molecule has 0 saturated heterocycles. The maximum atomic E-state index is 8.28. The summed E-state index contributed by atoms with van der Waals surface area (Å²) in [7, 11) is 0. The zero-order valence-corrected chi connectivity index (χ0v) is 5.42. The topological polar surface area (TPSA) is 32.6 Å². The molecule has 1 rings (SSSR count). The van der Waals surface area contributed by atoms with Crippen molar-refractivity contribution in [2.75, 3.05) is 0 Å². The van der Waals surface area contributed by atoms with Crippen LogP contribution in [0.2, 0.25) is 0 Å². The van der Waals surface area contributed by atoms with Crippen molar-refractivity contribution in [1.29, 1.82) is 0 Å². The molecule has 0 aromatic rings. The molecule has 9 heavy (non-hydrogen) atoms. The standard InChI is InChI=1S/C6H6ClNO/c7-5-3-1-2-4-6(5)8-9/h1-5,9H. The van der Waals surface area contributed by atoms with Crippen LogP contribution in [-0.4, -0.2) is 16.3 Å². The molecule has 0 fully saturated rings. The Hall–Kier alpha value is -0.760. The van der Waals surface area contributed by atoms with E-state index in [1.165, 1.54) is 0 Å². The third kappa shape index (κ3) is 1.33. The number of hydrogen-bond acceptors (Lipinski definition) is 2. The van der Waals surface area contributed by atoms with Gasteiger partial charge in [0.25, 0.3) is 0 Å². The maximum Gasteiger partial charge on any atom is 0.101 e. The molecule has 0 spiro atoms. The van der Waals surface area contributed by atoms with Crippen LogP contribution in [0, 0.1) is 0 Å². The van der Waals surface area contributed by atoms with E-state index < -0.39 is 0 Å². The van der Waals surface area contributed by atoms with Gasteiger partial charge in [-0.25, -0.2) is 0 Å². The van der Waals surface area contributed by atoms with E-state index >= 15 is 0 Å². The number of oxime groups is 1. The van der Waals surface area contributed by atoms with Gasteiger partial charge in [-0.3, -0.25) is 0 Å². The lowest BCUT2D eigenvalue weighted by molar-refractivity contribution is 0.319. The number of alkyl halides is 1. The Balaban J connectivity index is 2.78. The average molecular weight is 144 g/mol. The quantitative estimate of drug-likeness (QED) is 0.312. The molecule has 0 radical (unpaired) electrons. The van der Waals surface area contributed by atoms with Crippen molar-refractivity contribution in [3.8, 4) is 0 Å². The van der Waals surface area contributed by atoms with Gasteiger partial charge in [0, 0.05) is 0 Å². The number of rotatable bonds is 0. The molecule has 1 aliphatic carbocycles. The molecule has 3 heteroatoms. The van der Waals surface area contributed by atoms with Crippen LogP contribution >= 0.6 is 11.6 Å². The summed E-state index contributed by atoms with van der Waals surface area (Å²) in [4.78, 5) is 0. The molecule has 0 aliphatic heterocycles. The summed E-state index contributed by atoms with van der Waals surface area (Å²) < 4.78 is 0. The second-order valence-electron chi connectivity index (χ2n) is 1.67. The summed E-state index contributed by atoms with van der Waals surface area (Å²) in [6.45, 7) is 0. The monoisotopic (exact) mass is 143 g/mol. The Morgan fingerprint density at radius 3 is 2.78 bits per heavy atom. The fraction of sp³-hybridized carbons (Fsp3) is 0.167. The molecule has 0 saturated carbocycles. The molecule has 0 aromatic carbocycles. The molecule has 1 unspecified atom stereocenters. The second kappa shape index (κ2) is 2.69. The zero-order valence-electron chi connectivity index (χ0n) is 4.66. The molecule has 0 bridgehead atoms. The average Bonchev–Trinajstić information content (AvgIpc) is 1.89. The fourth-order valence-electron chi connectivity index (χ4n) is 0.595. The summed E-state index contributed by atoms with van der Waals surface area (Å²) in [5, 5.41) is 11.0. The SMILES string of the molecule is ON=C1C=CC=CC1Cl. The van der Waals surface area contributed by atoms with Crippen LogP contribution < -0.4 is 0 Å². The summed E-state index contributed by atoms with van der Waals surface area (Å²) >= 11 is 5.65. The summed E-state index contributed by atoms with van der Waals surface area (Å²) in [5.41, 5.74) is 0.485. The Bertz CT molecular complexity index is 183. The van der Waals surface area contributed by atoms with E-state index in [2.05, 4.69) is 5.16 Å². The van der Waals surface area contributed by atoms with Gasteiger partial charge < -0.3 is 5.21 Å². The van der Waals surface area contributed by atoms with Gasteiger partial charge in [0.15, 0.2) is 0 Å². The van der Waals surface area contributed by atoms with Crippen LogP contribution in [-0.2, 0) is 0 Å². The summed E-state index contributed by atoms with van der Waals surface area (Å²) in [6.07, 6.45) is 6.99. The van der Waals surface area contributed by atoms with Crippen molar-refractivity contribution in [3.05, 3.63) is 24.3 Å². The molecule has 1 atom stereocenters. The van der Waals surface area contributed by atoms with E-state index in [0.29, 0.717) is 5.71 Å². The van der Waals surface area contributed by atoms with Crippen molar-refractivity contribution in [2.45, 2.75) is 5.38 Å². The van der Waals surface area contributed by atoms with Gasteiger partial charge in [0.05, 0.1) is 5.38 Å². The first-order valence-electron chi connectivity index (χ1n) is 2.55. The molecule has 0 amide bonds. The van der Waals surface area contributed by atoms with Gasteiger partial charge in [0.2, 0.25) is 0 Å². The molecule has 2 nitrogen and oxygen atoms in total. The van der Waals surface area contributed by atoms with Gasteiger partial charge in [-0.15, -0.1) is 11.6 Å². The minimum absolute atomic E-state index is 0.278. The Morgan fingerprint density at radius 2 is 2.33 bits per heavy atom. The largest absolute Gasteiger partial charge is 0.411 e. The Kier molecular flexibility index (Phi) is 1.90. The smallest absolute Gasteiger partial charge is 0.101 e. The number of nitrogens with zero attached hydrogens (tertiary/aromatic N) is 1. The van der Waals surface area contributed by atoms with E-state index in [1.54, 1.807) is 18.2 Å². The van der Waals surface area contributed by atoms with Crippen molar-refractivity contribution in [1.82, 2.24) is 0 Å². The van der Waals surface area contributed by atoms with E-state index in [1.807, 2.05) is 6.08 Å². The molecular formula is C6H6ClNO. The van der Waals surface area contributed by atoms with Gasteiger partial charge in [-0.1, -0.05) is 23.4 Å². The number of halogens is 1. The van der Waals surface area contributed by atoms with Crippen LogP contribution in [0.5, 0.6) is 0 Å². The van der Waals surface area contributed by atoms with Crippen LogP contribution in [0.4, 0.5) is 0 Å². The predicted molar refractivity (Wildman–Crippen MR) is 37.1 cm³/mol. The molecule has 0 aromatic heterocycles. The molecule has 1 N–H and O–H groups in total. The zero-order chi connectivity index (χ0) is 6.69. The van der Waals surface area contributed by atoms with Crippen molar-refractivity contribution in [2.24, 2.45) is 5.16 Å². The lowest BCUT2D eigenvalue weighted by atomic mass is 10.1. The minimum Gasteiger partial charge on any atom is -0.411 e. The van der Waals surface area contributed by atoms with Crippen LogP contribution in [0.1, 0.15) is 0 Å². The molecular weight excluding hydrogens is 138 g/mol. The predicted octanol–water partition coefficient (Wildman–Crippen LogP) is 1.55. The minimum atomic E-state index is -0.278. The van der Waals surface area contributed by atoms with Crippen LogP contribution in [0.3, 0.4) is 0 Å². The van der Waals surface area contributed by atoms with Gasteiger partial charge >= 0.3 is 0 Å². The van der Waals surface area contributed by atoms with E-state index in [4.69, 9.17) is 16.8 Å². The second-order valence-corrected chi connectivity index (χ2v) is 2.14. The number of allylic oxidation sites excluding steroid dienone is 4. The first-order valence-corrected chi connectivity index (χ1v) is 2.99. The van der Waals surface area contributed by atoms with Gasteiger partial charge in [-0.05, 0) is 6.08 Å². The fourth-order valence-corrected chi connectivity index (χ4v) is 0.795. The lowest BCUT2D eigenvalue weighted by Gasteiger charge is -2.03. The highest BCUT2D eigenvalue weighted by molar-refractivity contribution is 6.35. The van der Waals surface area contributed by atoms with E-state index in [-0.39, 0.29) is 5.38 Å². The van der Waals surface area contributed by atoms with Gasteiger partial charge in [0.1, 0.15) is 5.71 Å². The van der Waals surface area contributed by atoms with E-state index in [9.17, 15) is 0 Å². The van der Waals surface area contributed by atoms with E-state index in [0.717, 1.165) is 0 Å². The van der Waals surface area contributed by atoms with Crippen molar-refractivity contribution in [3.63, 3.8) is 0 Å². The molecule has 48 valence electrons. The van der Waals surface area contributed by atoms with Gasteiger partial charge in [-0.2, -0.15) is 0 Å². The lowest BCUT2D eigenvalue weighted by Crippen LogP contribution is -2.10. The maximum absolute atomic E-state index is 8.28. The molecule has 0 heterocycles. The van der Waals surface area contributed by atoms with Crippen LogP contribution in [0.15, 0.2) is 29.5 Å². The Morgan fingerprint density at radius 1 is 1.56 bits per heavy atom. The summed E-state index contributed by atoms with van der Waals surface area (Å²) in [5.74, 6) is 0. The highest BCUT2D eigenvalue weighted by Gasteiger charge is 2.07. The summed E-state index contributed by atoms with van der Waals surface area (Å²) in [6, 6.07) is 0.